The molecule has 0 aliphatic carbocycles. The number of fused-ring (bicyclic) bond motifs is 1. The number of nitrogens with zero attached hydrogens (tertiary/aromatic N) is 3. The maximum atomic E-state index is 14.2. The molecule has 0 bridgehead atoms. The fourth-order valence-corrected chi connectivity index (χ4v) is 3.56. The van der Waals surface area contributed by atoms with Gasteiger partial charge in [0, 0.05) is 17.5 Å². The highest BCUT2D eigenvalue weighted by Crippen LogP contribution is 2.40. The first-order valence-electron chi connectivity index (χ1n) is 8.58. The number of aryl methyl sites for hydroxylation is 2. The first-order valence-corrected chi connectivity index (χ1v) is 8.58. The highest BCUT2D eigenvalue weighted by Gasteiger charge is 2.27. The Bertz CT molecular complexity index is 1250. The van der Waals surface area contributed by atoms with Crippen molar-refractivity contribution in [1.82, 2.24) is 9.72 Å². The van der Waals surface area contributed by atoms with Crippen LogP contribution >= 0.6 is 0 Å². The SMILES string of the molecule is Cc1noc(C)c1-c1c(/C(N)=N/O)c2ccccc2n1-c1cc(F)c(O)c(F)c1. The molecule has 0 unspecified atom stereocenters. The third kappa shape index (κ3) is 2.70. The second-order valence-corrected chi connectivity index (χ2v) is 6.52. The number of phenolic OH excluding ortho intramolecular Hbond substituents is 1. The number of halogens is 2. The van der Waals surface area contributed by atoms with Gasteiger partial charge in [-0.3, -0.25) is 0 Å². The number of aromatic nitrogens is 2. The van der Waals surface area contributed by atoms with E-state index in [4.69, 9.17) is 10.3 Å². The third-order valence-corrected chi connectivity index (χ3v) is 4.77. The average molecular weight is 398 g/mol. The van der Waals surface area contributed by atoms with E-state index < -0.39 is 17.4 Å². The molecule has 0 aliphatic rings. The van der Waals surface area contributed by atoms with Gasteiger partial charge < -0.3 is 25.1 Å². The minimum absolute atomic E-state index is 0.0981. The van der Waals surface area contributed by atoms with E-state index in [1.54, 1.807) is 42.7 Å². The Morgan fingerprint density at radius 1 is 1.17 bits per heavy atom. The monoisotopic (exact) mass is 398 g/mol. The van der Waals surface area contributed by atoms with Gasteiger partial charge in [0.2, 0.25) is 0 Å². The van der Waals surface area contributed by atoms with E-state index in [-0.39, 0.29) is 11.5 Å². The summed E-state index contributed by atoms with van der Waals surface area (Å²) in [7, 11) is 0. The molecule has 29 heavy (non-hydrogen) atoms. The zero-order valence-electron chi connectivity index (χ0n) is 15.4. The highest BCUT2D eigenvalue weighted by atomic mass is 19.1. The molecule has 2 aromatic carbocycles. The molecule has 0 aliphatic heterocycles. The van der Waals surface area contributed by atoms with Gasteiger partial charge in [0.25, 0.3) is 0 Å². The van der Waals surface area contributed by atoms with Gasteiger partial charge in [0.05, 0.1) is 33.7 Å². The van der Waals surface area contributed by atoms with Gasteiger partial charge in [0.15, 0.2) is 23.2 Å². The van der Waals surface area contributed by atoms with Crippen molar-refractivity contribution in [3.63, 3.8) is 0 Å². The number of rotatable bonds is 3. The maximum absolute atomic E-state index is 14.2. The number of amidine groups is 1. The number of hydrogen-bond donors (Lipinski definition) is 3. The van der Waals surface area contributed by atoms with Gasteiger partial charge in [0.1, 0.15) is 5.76 Å². The van der Waals surface area contributed by atoms with E-state index in [9.17, 15) is 19.1 Å². The molecule has 7 nitrogen and oxygen atoms in total. The molecule has 0 fully saturated rings. The Morgan fingerprint density at radius 3 is 2.41 bits per heavy atom. The number of hydrogen-bond acceptors (Lipinski definition) is 5. The van der Waals surface area contributed by atoms with Gasteiger partial charge in [-0.25, -0.2) is 8.78 Å². The number of nitrogens with two attached hydrogens (primary N) is 1. The van der Waals surface area contributed by atoms with Crippen LogP contribution in [0.2, 0.25) is 0 Å². The quantitative estimate of drug-likeness (QED) is 0.209. The van der Waals surface area contributed by atoms with Crippen LogP contribution in [0.1, 0.15) is 17.0 Å². The van der Waals surface area contributed by atoms with Crippen LogP contribution in [0.5, 0.6) is 5.75 Å². The number of phenols is 1. The van der Waals surface area contributed by atoms with E-state index in [2.05, 4.69) is 10.3 Å². The lowest BCUT2D eigenvalue weighted by Crippen LogP contribution is -2.15. The van der Waals surface area contributed by atoms with Crippen LogP contribution in [-0.4, -0.2) is 25.9 Å². The van der Waals surface area contributed by atoms with Crippen LogP contribution in [-0.2, 0) is 0 Å². The van der Waals surface area contributed by atoms with Crippen molar-refractivity contribution in [1.29, 1.82) is 0 Å². The predicted octanol–water partition coefficient (Wildman–Crippen LogP) is 3.98. The van der Waals surface area contributed by atoms with Crippen molar-refractivity contribution in [2.75, 3.05) is 0 Å². The molecule has 4 rings (SSSR count). The largest absolute Gasteiger partial charge is 0.503 e. The zero-order chi connectivity index (χ0) is 20.9. The number of aromatic hydroxyl groups is 1. The van der Waals surface area contributed by atoms with Crippen molar-refractivity contribution in [2.24, 2.45) is 10.9 Å². The van der Waals surface area contributed by atoms with Crippen molar-refractivity contribution in [2.45, 2.75) is 13.8 Å². The lowest BCUT2D eigenvalue weighted by Gasteiger charge is -2.13. The molecule has 0 radical (unpaired) electrons. The molecule has 2 heterocycles. The Balaban J connectivity index is 2.25. The molecule has 4 N–H and O–H groups in total. The molecule has 0 saturated heterocycles. The van der Waals surface area contributed by atoms with E-state index >= 15 is 0 Å². The number of para-hydroxylation sites is 1. The van der Waals surface area contributed by atoms with Gasteiger partial charge >= 0.3 is 0 Å². The summed E-state index contributed by atoms with van der Waals surface area (Å²) in [4.78, 5) is 0. The third-order valence-electron chi connectivity index (χ3n) is 4.77. The molecule has 0 amide bonds. The summed E-state index contributed by atoms with van der Waals surface area (Å²) in [6.45, 7) is 3.40. The Hall–Kier alpha value is -3.88. The van der Waals surface area contributed by atoms with Gasteiger partial charge in [-0.1, -0.05) is 28.5 Å². The van der Waals surface area contributed by atoms with Crippen molar-refractivity contribution >= 4 is 16.7 Å². The van der Waals surface area contributed by atoms with Crippen LogP contribution in [0.25, 0.3) is 27.8 Å². The lowest BCUT2D eigenvalue weighted by molar-refractivity contribution is 0.318. The van der Waals surface area contributed by atoms with Crippen LogP contribution in [0.3, 0.4) is 0 Å². The molecule has 0 atom stereocenters. The van der Waals surface area contributed by atoms with Gasteiger partial charge in [-0.05, 0) is 19.9 Å². The molecule has 148 valence electrons. The minimum atomic E-state index is -1.12. The van der Waals surface area contributed by atoms with Gasteiger partial charge in [-0.2, -0.15) is 0 Å². The van der Waals surface area contributed by atoms with Crippen LogP contribution in [0, 0.1) is 25.5 Å². The van der Waals surface area contributed by atoms with Crippen LogP contribution < -0.4 is 5.73 Å². The fourth-order valence-electron chi connectivity index (χ4n) is 3.56. The van der Waals surface area contributed by atoms with Crippen molar-refractivity contribution < 1.29 is 23.6 Å². The number of benzene rings is 2. The second-order valence-electron chi connectivity index (χ2n) is 6.52. The maximum Gasteiger partial charge on any atom is 0.187 e. The normalized spacial score (nSPS) is 12.1. The standard InChI is InChI=1S/C20H16F2N4O3/c1-9-16(10(2)29-25-9)18-17(20(23)24-28)12-5-3-4-6-15(12)26(18)11-7-13(21)19(27)14(22)8-11/h3-8,27-28H,1-2H3,(H2,23,24). The summed E-state index contributed by atoms with van der Waals surface area (Å²) in [5.41, 5.74) is 8.43. The summed E-state index contributed by atoms with van der Waals surface area (Å²) < 4.78 is 35.2. The van der Waals surface area contributed by atoms with Crippen LogP contribution in [0.4, 0.5) is 8.78 Å². The number of oxime groups is 1. The Labute approximate surface area is 163 Å². The van der Waals surface area contributed by atoms with Gasteiger partial charge in [-0.15, -0.1) is 0 Å². The molecule has 4 aromatic rings. The summed E-state index contributed by atoms with van der Waals surface area (Å²) in [6.07, 6.45) is 0. The summed E-state index contributed by atoms with van der Waals surface area (Å²) in [5.74, 6) is -3.05. The minimum Gasteiger partial charge on any atom is -0.503 e. The Kier molecular flexibility index (Phi) is 4.22. The van der Waals surface area contributed by atoms with Crippen molar-refractivity contribution in [3.05, 3.63) is 65.1 Å². The molecule has 2 aromatic heterocycles. The summed E-state index contributed by atoms with van der Waals surface area (Å²) in [5, 5.41) is 26.6. The van der Waals surface area contributed by atoms with E-state index in [0.29, 0.717) is 39.2 Å². The summed E-state index contributed by atoms with van der Waals surface area (Å²) in [6, 6.07) is 8.99. The predicted molar refractivity (Wildman–Crippen MR) is 102 cm³/mol. The smallest absolute Gasteiger partial charge is 0.187 e. The van der Waals surface area contributed by atoms with E-state index in [0.717, 1.165) is 12.1 Å². The van der Waals surface area contributed by atoms with Crippen LogP contribution in [0.15, 0.2) is 46.1 Å². The first-order chi connectivity index (χ1) is 13.8. The topological polar surface area (TPSA) is 110 Å². The molecular weight excluding hydrogens is 382 g/mol. The second kappa shape index (κ2) is 6.62. The lowest BCUT2D eigenvalue weighted by atomic mass is 10.0. The molecule has 0 spiro atoms. The molecule has 0 saturated carbocycles. The zero-order valence-corrected chi connectivity index (χ0v) is 15.4. The fraction of sp³-hybridized carbons (Fsp3) is 0.100. The van der Waals surface area contributed by atoms with Crippen molar-refractivity contribution in [3.8, 4) is 22.7 Å². The average Bonchev–Trinajstić information content (AvgIpc) is 3.21. The van der Waals surface area contributed by atoms with E-state index in [1.165, 1.54) is 0 Å². The summed E-state index contributed by atoms with van der Waals surface area (Å²) >= 11 is 0. The highest BCUT2D eigenvalue weighted by molar-refractivity contribution is 6.15. The van der Waals surface area contributed by atoms with E-state index in [1.807, 2.05) is 0 Å². The molecular formula is C20H16F2N4O3. The Morgan fingerprint density at radius 2 is 1.83 bits per heavy atom. The first kappa shape index (κ1) is 18.5. The molecule has 9 heteroatoms.